The van der Waals surface area contributed by atoms with E-state index in [1.165, 1.54) is 31.4 Å². The van der Waals surface area contributed by atoms with E-state index in [2.05, 4.69) is 10.1 Å². The molecule has 1 amide bonds. The zero-order valence-corrected chi connectivity index (χ0v) is 17.7. The molecule has 1 N–H and O–H groups in total. The number of rotatable bonds is 8. The van der Waals surface area contributed by atoms with E-state index in [0.717, 1.165) is 10.6 Å². The van der Waals surface area contributed by atoms with Crippen molar-refractivity contribution in [1.82, 2.24) is 0 Å². The molecule has 2 aromatic rings. The van der Waals surface area contributed by atoms with Crippen molar-refractivity contribution in [1.29, 1.82) is 0 Å². The summed E-state index contributed by atoms with van der Waals surface area (Å²) < 4.78 is 35.5. The smallest absolute Gasteiger partial charge is 0.339 e. The highest BCUT2D eigenvalue weighted by Crippen LogP contribution is 2.24. The number of hydrogen-bond donors (Lipinski definition) is 1. The van der Waals surface area contributed by atoms with Gasteiger partial charge in [0.15, 0.2) is 0 Å². The molecule has 0 saturated heterocycles. The molecule has 0 spiro atoms. The first-order chi connectivity index (χ1) is 13.7. The van der Waals surface area contributed by atoms with Crippen molar-refractivity contribution in [3.63, 3.8) is 0 Å². The van der Waals surface area contributed by atoms with Gasteiger partial charge in [0.2, 0.25) is 15.9 Å². The molecular weight excluding hydrogens is 420 g/mol. The van der Waals surface area contributed by atoms with E-state index in [4.69, 9.17) is 16.3 Å². The minimum atomic E-state index is -3.75. The second-order valence-corrected chi connectivity index (χ2v) is 8.25. The number of sulfonamides is 1. The van der Waals surface area contributed by atoms with Crippen molar-refractivity contribution in [2.24, 2.45) is 0 Å². The molecule has 29 heavy (non-hydrogen) atoms. The number of carbonyl (C=O) groups excluding carboxylic acids is 2. The lowest BCUT2D eigenvalue weighted by atomic mass is 10.2. The summed E-state index contributed by atoms with van der Waals surface area (Å²) in [6.45, 7) is 1.76. The minimum Gasteiger partial charge on any atom is -0.494 e. The number of halogens is 1. The Hall–Kier alpha value is -2.78. The van der Waals surface area contributed by atoms with Crippen LogP contribution >= 0.6 is 11.6 Å². The van der Waals surface area contributed by atoms with Crippen LogP contribution in [0.4, 0.5) is 11.4 Å². The molecule has 10 heteroatoms. The van der Waals surface area contributed by atoms with E-state index in [1.54, 1.807) is 18.2 Å². The molecule has 0 atom stereocenters. The summed E-state index contributed by atoms with van der Waals surface area (Å²) in [6.07, 6.45) is 1.01. The lowest BCUT2D eigenvalue weighted by molar-refractivity contribution is -0.114. The van der Waals surface area contributed by atoms with Crippen LogP contribution < -0.4 is 14.4 Å². The predicted molar refractivity (Wildman–Crippen MR) is 111 cm³/mol. The monoisotopic (exact) mass is 440 g/mol. The molecule has 0 radical (unpaired) electrons. The van der Waals surface area contributed by atoms with Crippen LogP contribution in [0.25, 0.3) is 0 Å². The third-order valence-corrected chi connectivity index (χ3v) is 5.23. The Morgan fingerprint density at radius 1 is 1.17 bits per heavy atom. The Morgan fingerprint density at radius 3 is 2.52 bits per heavy atom. The number of hydrogen-bond acceptors (Lipinski definition) is 6. The topological polar surface area (TPSA) is 102 Å². The summed E-state index contributed by atoms with van der Waals surface area (Å²) in [5.41, 5.74) is 0.646. The molecule has 156 valence electrons. The van der Waals surface area contributed by atoms with Crippen LogP contribution in [0, 0.1) is 0 Å². The van der Waals surface area contributed by atoms with Gasteiger partial charge in [-0.15, -0.1) is 0 Å². The zero-order valence-electron chi connectivity index (χ0n) is 16.1. The molecular formula is C19H21ClN2O6S. The number of benzene rings is 2. The van der Waals surface area contributed by atoms with Crippen LogP contribution in [-0.4, -0.2) is 46.8 Å². The predicted octanol–water partition coefficient (Wildman–Crippen LogP) is 2.93. The Labute approximate surface area is 174 Å². The molecule has 0 aromatic heterocycles. The molecule has 2 rings (SSSR count). The molecule has 2 aromatic carbocycles. The van der Waals surface area contributed by atoms with Crippen molar-refractivity contribution in [2.45, 2.75) is 6.92 Å². The molecule has 0 fully saturated rings. The van der Waals surface area contributed by atoms with Crippen molar-refractivity contribution in [2.75, 3.05) is 36.1 Å². The highest BCUT2D eigenvalue weighted by Gasteiger charge is 2.22. The number of ether oxygens (including phenoxy) is 2. The SMILES string of the molecule is CCOc1cccc(N(CC(=O)Nc2ccc(Cl)c(C(=O)OC)c2)S(C)(=O)=O)c1. The average molecular weight is 441 g/mol. The number of esters is 1. The molecule has 8 nitrogen and oxygen atoms in total. The van der Waals surface area contributed by atoms with E-state index >= 15 is 0 Å². The second-order valence-electron chi connectivity index (χ2n) is 5.93. The summed E-state index contributed by atoms with van der Waals surface area (Å²) in [5.74, 6) is -0.772. The first-order valence-electron chi connectivity index (χ1n) is 8.54. The molecule has 0 aliphatic carbocycles. The summed E-state index contributed by atoms with van der Waals surface area (Å²) in [7, 11) is -2.53. The first kappa shape index (κ1) is 22.5. The Morgan fingerprint density at radius 2 is 1.90 bits per heavy atom. The van der Waals surface area contributed by atoms with Gasteiger partial charge in [-0.3, -0.25) is 9.10 Å². The normalized spacial score (nSPS) is 10.9. The highest BCUT2D eigenvalue weighted by atomic mass is 35.5. The van der Waals surface area contributed by atoms with Gasteiger partial charge >= 0.3 is 5.97 Å². The van der Waals surface area contributed by atoms with Gasteiger partial charge in [-0.2, -0.15) is 0 Å². The number of anilines is 2. The van der Waals surface area contributed by atoms with Gasteiger partial charge in [0.05, 0.1) is 36.2 Å². The van der Waals surface area contributed by atoms with Gasteiger partial charge in [-0.05, 0) is 37.3 Å². The molecule has 0 bridgehead atoms. The van der Waals surface area contributed by atoms with Gasteiger partial charge in [0.25, 0.3) is 0 Å². The van der Waals surface area contributed by atoms with Crippen LogP contribution in [0.1, 0.15) is 17.3 Å². The minimum absolute atomic E-state index is 0.0800. The van der Waals surface area contributed by atoms with E-state index in [0.29, 0.717) is 18.0 Å². The maximum absolute atomic E-state index is 12.5. The molecule has 0 heterocycles. The Kier molecular flexibility index (Phi) is 7.46. The fraction of sp³-hybridized carbons (Fsp3) is 0.263. The number of carbonyl (C=O) groups is 2. The molecule has 0 aliphatic rings. The largest absolute Gasteiger partial charge is 0.494 e. The van der Waals surface area contributed by atoms with E-state index < -0.39 is 28.4 Å². The number of nitrogens with one attached hydrogen (secondary N) is 1. The quantitative estimate of drug-likeness (QED) is 0.633. The zero-order chi connectivity index (χ0) is 21.6. The third-order valence-electron chi connectivity index (χ3n) is 3.76. The second kappa shape index (κ2) is 9.62. The van der Waals surface area contributed by atoms with E-state index in [1.807, 2.05) is 6.92 Å². The lowest BCUT2D eigenvalue weighted by Gasteiger charge is -2.22. The number of methoxy groups -OCH3 is 1. The van der Waals surface area contributed by atoms with Gasteiger partial charge in [-0.25, -0.2) is 13.2 Å². The van der Waals surface area contributed by atoms with Gasteiger partial charge < -0.3 is 14.8 Å². The van der Waals surface area contributed by atoms with Gasteiger partial charge in [0.1, 0.15) is 12.3 Å². The van der Waals surface area contributed by atoms with Crippen LogP contribution in [0.15, 0.2) is 42.5 Å². The van der Waals surface area contributed by atoms with Crippen molar-refractivity contribution in [3.05, 3.63) is 53.1 Å². The Bertz CT molecular complexity index is 1010. The maximum Gasteiger partial charge on any atom is 0.339 e. The average Bonchev–Trinajstić information content (AvgIpc) is 2.66. The highest BCUT2D eigenvalue weighted by molar-refractivity contribution is 7.92. The van der Waals surface area contributed by atoms with Crippen molar-refractivity contribution in [3.8, 4) is 5.75 Å². The first-order valence-corrected chi connectivity index (χ1v) is 10.8. The summed E-state index contributed by atoms with van der Waals surface area (Å²) in [6, 6.07) is 10.7. The van der Waals surface area contributed by atoms with Gasteiger partial charge in [-0.1, -0.05) is 17.7 Å². The summed E-state index contributed by atoms with van der Waals surface area (Å²) >= 11 is 5.96. The molecule has 0 unspecified atom stereocenters. The van der Waals surface area contributed by atoms with Crippen LogP contribution in [0.3, 0.4) is 0 Å². The molecule has 0 saturated carbocycles. The van der Waals surface area contributed by atoms with Crippen LogP contribution in [0.5, 0.6) is 5.75 Å². The van der Waals surface area contributed by atoms with Crippen LogP contribution in [-0.2, 0) is 19.6 Å². The number of amides is 1. The third kappa shape index (κ3) is 6.10. The van der Waals surface area contributed by atoms with Gasteiger partial charge in [0, 0.05) is 11.8 Å². The summed E-state index contributed by atoms with van der Waals surface area (Å²) in [4.78, 5) is 24.2. The fourth-order valence-corrected chi connectivity index (χ4v) is 3.54. The standard InChI is InChI=1S/C19H21ClN2O6S/c1-4-28-15-7-5-6-14(11-15)22(29(3,25)26)12-18(23)21-13-8-9-17(20)16(10-13)19(24)27-2/h5-11H,4,12H2,1-3H3,(H,21,23). The fourth-order valence-electron chi connectivity index (χ4n) is 2.50. The Balaban J connectivity index is 2.24. The maximum atomic E-state index is 12.5. The number of nitrogens with zero attached hydrogens (tertiary/aromatic N) is 1. The van der Waals surface area contributed by atoms with Crippen molar-refractivity contribution < 1.29 is 27.5 Å². The van der Waals surface area contributed by atoms with E-state index in [-0.39, 0.29) is 16.3 Å². The lowest BCUT2D eigenvalue weighted by Crippen LogP contribution is -2.37. The molecule has 0 aliphatic heterocycles. The summed E-state index contributed by atoms with van der Waals surface area (Å²) in [5, 5.41) is 2.72. The van der Waals surface area contributed by atoms with E-state index in [9.17, 15) is 18.0 Å². The van der Waals surface area contributed by atoms with Crippen molar-refractivity contribution >= 4 is 44.9 Å². The van der Waals surface area contributed by atoms with Crippen LogP contribution in [0.2, 0.25) is 5.02 Å².